The van der Waals surface area contributed by atoms with Crippen LogP contribution in [0.3, 0.4) is 0 Å². The molecule has 0 spiro atoms. The Kier molecular flexibility index (Phi) is 5.79. The lowest BCUT2D eigenvalue weighted by atomic mass is 10.2. The van der Waals surface area contributed by atoms with Crippen LogP contribution in [-0.2, 0) is 0 Å². The summed E-state index contributed by atoms with van der Waals surface area (Å²) in [5.74, 6) is 1.55. The summed E-state index contributed by atoms with van der Waals surface area (Å²) in [5.41, 5.74) is 0. The van der Waals surface area contributed by atoms with Crippen molar-refractivity contribution in [3.05, 3.63) is 12.4 Å². The van der Waals surface area contributed by atoms with E-state index >= 15 is 0 Å². The fourth-order valence-electron chi connectivity index (χ4n) is 1.25. The van der Waals surface area contributed by atoms with Crippen molar-refractivity contribution in [1.29, 1.82) is 0 Å². The number of nitrogens with one attached hydrogen (secondary N) is 1. The summed E-state index contributed by atoms with van der Waals surface area (Å²) >= 11 is 7.34. The van der Waals surface area contributed by atoms with Gasteiger partial charge in [-0.1, -0.05) is 6.92 Å². The highest BCUT2D eigenvalue weighted by atomic mass is 35.5. The van der Waals surface area contributed by atoms with Crippen molar-refractivity contribution in [2.75, 3.05) is 17.5 Å². The fourth-order valence-corrected chi connectivity index (χ4v) is 1.89. The molecule has 1 N–H and O–H groups in total. The molecule has 3 nitrogen and oxygen atoms in total. The van der Waals surface area contributed by atoms with E-state index in [2.05, 4.69) is 22.2 Å². The van der Waals surface area contributed by atoms with E-state index in [4.69, 9.17) is 11.6 Å². The Morgan fingerprint density at radius 3 is 2.93 bits per heavy atom. The van der Waals surface area contributed by atoms with Gasteiger partial charge in [-0.25, -0.2) is 9.97 Å². The van der Waals surface area contributed by atoms with Gasteiger partial charge in [-0.15, -0.1) is 23.4 Å². The van der Waals surface area contributed by atoms with Crippen LogP contribution < -0.4 is 5.32 Å². The first-order valence-corrected chi connectivity index (χ1v) is 6.74. The van der Waals surface area contributed by atoms with Crippen LogP contribution in [0.2, 0.25) is 0 Å². The molecule has 0 aliphatic rings. The topological polar surface area (TPSA) is 37.8 Å². The van der Waals surface area contributed by atoms with Crippen molar-refractivity contribution in [3.63, 3.8) is 0 Å². The zero-order chi connectivity index (χ0) is 11.1. The number of rotatable bonds is 6. The summed E-state index contributed by atoms with van der Waals surface area (Å²) in [7, 11) is 0. The lowest BCUT2D eigenvalue weighted by Crippen LogP contribution is -2.19. The second kappa shape index (κ2) is 6.90. The molecule has 0 aliphatic heterocycles. The predicted molar refractivity (Wildman–Crippen MR) is 66.9 cm³/mol. The molecular weight excluding hydrogens is 230 g/mol. The van der Waals surface area contributed by atoms with E-state index in [1.54, 1.807) is 18.1 Å². The van der Waals surface area contributed by atoms with Gasteiger partial charge >= 0.3 is 0 Å². The first-order valence-electron chi connectivity index (χ1n) is 4.98. The van der Waals surface area contributed by atoms with Gasteiger partial charge < -0.3 is 5.32 Å². The molecule has 1 aromatic heterocycles. The molecule has 15 heavy (non-hydrogen) atoms. The van der Waals surface area contributed by atoms with Crippen LogP contribution in [0.4, 0.5) is 5.82 Å². The van der Waals surface area contributed by atoms with E-state index in [9.17, 15) is 0 Å². The molecule has 0 aliphatic carbocycles. The lowest BCUT2D eigenvalue weighted by molar-refractivity contribution is 0.671. The van der Waals surface area contributed by atoms with Gasteiger partial charge in [0.2, 0.25) is 0 Å². The summed E-state index contributed by atoms with van der Waals surface area (Å²) in [6.45, 7) is 2.14. The minimum Gasteiger partial charge on any atom is -0.367 e. The zero-order valence-corrected chi connectivity index (χ0v) is 10.6. The molecule has 0 saturated heterocycles. The minimum absolute atomic E-state index is 0.395. The summed E-state index contributed by atoms with van der Waals surface area (Å²) in [5, 5.41) is 4.34. The van der Waals surface area contributed by atoms with E-state index in [0.29, 0.717) is 11.9 Å². The van der Waals surface area contributed by atoms with Gasteiger partial charge in [0.1, 0.15) is 17.2 Å². The van der Waals surface area contributed by atoms with Crippen molar-refractivity contribution in [1.82, 2.24) is 9.97 Å². The van der Waals surface area contributed by atoms with Crippen molar-refractivity contribution in [2.24, 2.45) is 0 Å². The third-order valence-corrected chi connectivity index (χ3v) is 3.01. The summed E-state index contributed by atoms with van der Waals surface area (Å²) < 4.78 is 0. The summed E-state index contributed by atoms with van der Waals surface area (Å²) in [6.07, 6.45) is 5.59. The van der Waals surface area contributed by atoms with Crippen LogP contribution in [-0.4, -0.2) is 28.1 Å². The molecule has 0 bridgehead atoms. The quantitative estimate of drug-likeness (QED) is 0.475. The highest BCUT2D eigenvalue weighted by molar-refractivity contribution is 7.98. The molecule has 0 saturated carbocycles. The van der Waals surface area contributed by atoms with Crippen molar-refractivity contribution < 1.29 is 0 Å². The van der Waals surface area contributed by atoms with Crippen molar-refractivity contribution in [2.45, 2.75) is 30.8 Å². The van der Waals surface area contributed by atoms with Gasteiger partial charge in [-0.2, -0.15) is 0 Å². The Balaban J connectivity index is 2.61. The Labute approximate surface area is 100 Å². The number of anilines is 1. The highest BCUT2D eigenvalue weighted by Gasteiger charge is 2.06. The van der Waals surface area contributed by atoms with Crippen LogP contribution in [0.1, 0.15) is 19.8 Å². The van der Waals surface area contributed by atoms with Crippen LogP contribution in [0, 0.1) is 0 Å². The molecule has 0 amide bonds. The zero-order valence-electron chi connectivity index (χ0n) is 9.03. The number of hydrogen-bond donors (Lipinski definition) is 1. The van der Waals surface area contributed by atoms with Gasteiger partial charge in [0.25, 0.3) is 0 Å². The average molecular weight is 246 g/mol. The van der Waals surface area contributed by atoms with E-state index in [-0.39, 0.29) is 0 Å². The monoisotopic (exact) mass is 245 g/mol. The number of halogens is 1. The molecule has 1 rings (SSSR count). The SMILES string of the molecule is CCC(CCCl)Nc1cc(SC)ncn1. The highest BCUT2D eigenvalue weighted by Crippen LogP contribution is 2.15. The third-order valence-electron chi connectivity index (χ3n) is 2.15. The van der Waals surface area contributed by atoms with Gasteiger partial charge in [0.15, 0.2) is 0 Å². The van der Waals surface area contributed by atoms with Gasteiger partial charge in [0.05, 0.1) is 0 Å². The first kappa shape index (κ1) is 12.6. The molecule has 0 radical (unpaired) electrons. The Hall–Kier alpha value is -0.480. The summed E-state index contributed by atoms with van der Waals surface area (Å²) in [4.78, 5) is 8.30. The van der Waals surface area contributed by atoms with Crippen molar-refractivity contribution in [3.8, 4) is 0 Å². The number of thioether (sulfide) groups is 1. The molecular formula is C10H16ClN3S. The minimum atomic E-state index is 0.395. The van der Waals surface area contributed by atoms with E-state index in [0.717, 1.165) is 23.7 Å². The Bertz CT molecular complexity index is 296. The standard InChI is InChI=1S/C10H16ClN3S/c1-3-8(4-5-11)14-9-6-10(15-2)13-7-12-9/h6-8H,3-5H2,1-2H3,(H,12,13,14). The molecule has 84 valence electrons. The van der Waals surface area contributed by atoms with Crippen LogP contribution in [0.25, 0.3) is 0 Å². The first-order chi connectivity index (χ1) is 7.30. The maximum Gasteiger partial charge on any atom is 0.130 e. The number of aromatic nitrogens is 2. The molecule has 1 aromatic rings. The lowest BCUT2D eigenvalue weighted by Gasteiger charge is -2.16. The van der Waals surface area contributed by atoms with Crippen LogP contribution >= 0.6 is 23.4 Å². The second-order valence-electron chi connectivity index (χ2n) is 3.17. The Morgan fingerprint density at radius 2 is 2.33 bits per heavy atom. The van der Waals surface area contributed by atoms with E-state index < -0.39 is 0 Å². The maximum absolute atomic E-state index is 5.72. The van der Waals surface area contributed by atoms with Gasteiger partial charge in [-0.05, 0) is 19.1 Å². The fraction of sp³-hybridized carbons (Fsp3) is 0.600. The largest absolute Gasteiger partial charge is 0.367 e. The molecule has 0 fully saturated rings. The smallest absolute Gasteiger partial charge is 0.130 e. The normalized spacial score (nSPS) is 12.5. The van der Waals surface area contributed by atoms with Crippen molar-refractivity contribution >= 4 is 29.2 Å². The number of hydrogen-bond acceptors (Lipinski definition) is 4. The van der Waals surface area contributed by atoms with E-state index in [1.165, 1.54) is 0 Å². The van der Waals surface area contributed by atoms with Gasteiger partial charge in [0, 0.05) is 18.0 Å². The third kappa shape index (κ3) is 4.26. The molecule has 1 atom stereocenters. The number of nitrogens with zero attached hydrogens (tertiary/aromatic N) is 2. The van der Waals surface area contributed by atoms with Crippen LogP contribution in [0.15, 0.2) is 17.4 Å². The van der Waals surface area contributed by atoms with Gasteiger partial charge in [-0.3, -0.25) is 0 Å². The molecule has 5 heteroatoms. The molecule has 0 aromatic carbocycles. The summed E-state index contributed by atoms with van der Waals surface area (Å²) in [6, 6.07) is 2.36. The predicted octanol–water partition coefficient (Wildman–Crippen LogP) is 3.02. The molecule has 1 unspecified atom stereocenters. The maximum atomic E-state index is 5.72. The van der Waals surface area contributed by atoms with E-state index in [1.807, 2.05) is 12.3 Å². The van der Waals surface area contributed by atoms with Crippen LogP contribution in [0.5, 0.6) is 0 Å². The Morgan fingerprint density at radius 1 is 1.53 bits per heavy atom. The second-order valence-corrected chi connectivity index (χ2v) is 4.38. The number of alkyl halides is 1. The average Bonchev–Trinajstić information content (AvgIpc) is 2.29. The molecule has 1 heterocycles.